The van der Waals surface area contributed by atoms with Gasteiger partial charge in [0.15, 0.2) is 5.78 Å². The monoisotopic (exact) mass is 148 g/mol. The number of Topliss-reactive ketones (excluding diaryl/α,β-unsaturated/α-hetero) is 1. The van der Waals surface area contributed by atoms with Crippen LogP contribution in [-0.4, -0.2) is 10.8 Å². The van der Waals surface area contributed by atoms with E-state index in [1.165, 1.54) is 6.92 Å². The molecule has 1 rings (SSSR count). The summed E-state index contributed by atoms with van der Waals surface area (Å²) >= 11 is 0. The Morgan fingerprint density at radius 3 is 2.64 bits per heavy atom. The molecule has 0 amide bonds. The summed E-state index contributed by atoms with van der Waals surface area (Å²) in [5.41, 5.74) is 1.80. The van der Waals surface area contributed by atoms with Gasteiger partial charge in [-0.1, -0.05) is 0 Å². The normalized spacial score (nSPS) is 9.18. The third kappa shape index (κ3) is 1.15. The number of H-pyrrole nitrogens is 1. The third-order valence-corrected chi connectivity index (χ3v) is 1.63. The predicted octanol–water partition coefficient (Wildman–Crippen LogP) is 1.40. The highest BCUT2D eigenvalue weighted by molar-refractivity contribution is 5.95. The second-order valence-electron chi connectivity index (χ2n) is 2.37. The molecule has 0 aliphatic heterocycles. The van der Waals surface area contributed by atoms with Gasteiger partial charge in [-0.05, 0) is 19.4 Å². The average Bonchev–Trinajstić information content (AvgIpc) is 2.30. The Labute approximate surface area is 64.7 Å². The number of hydrogen-bond acceptors (Lipinski definition) is 2. The third-order valence-electron chi connectivity index (χ3n) is 1.63. The van der Waals surface area contributed by atoms with Crippen molar-refractivity contribution < 1.29 is 4.79 Å². The van der Waals surface area contributed by atoms with E-state index in [0.29, 0.717) is 11.3 Å². The van der Waals surface area contributed by atoms with Crippen LogP contribution in [0.25, 0.3) is 0 Å². The van der Waals surface area contributed by atoms with Crippen LogP contribution in [0.3, 0.4) is 0 Å². The van der Waals surface area contributed by atoms with Crippen molar-refractivity contribution in [1.29, 1.82) is 5.26 Å². The summed E-state index contributed by atoms with van der Waals surface area (Å²) in [4.78, 5) is 13.6. The van der Waals surface area contributed by atoms with Crippen LogP contribution in [0.15, 0.2) is 6.20 Å². The number of nitrogens with zero attached hydrogens (tertiary/aromatic N) is 1. The molecule has 0 aliphatic carbocycles. The fourth-order valence-corrected chi connectivity index (χ4v) is 0.977. The van der Waals surface area contributed by atoms with Crippen molar-refractivity contribution in [3.8, 4) is 6.07 Å². The topological polar surface area (TPSA) is 56.6 Å². The van der Waals surface area contributed by atoms with Gasteiger partial charge in [0.25, 0.3) is 0 Å². The molecule has 0 saturated carbocycles. The lowest BCUT2D eigenvalue weighted by Crippen LogP contribution is -1.91. The maximum Gasteiger partial charge on any atom is 0.161 e. The predicted molar refractivity (Wildman–Crippen MR) is 40.2 cm³/mol. The minimum absolute atomic E-state index is 0.0137. The number of nitriles is 1. The van der Waals surface area contributed by atoms with Gasteiger partial charge in [0.05, 0.1) is 0 Å². The van der Waals surface area contributed by atoms with Gasteiger partial charge in [-0.2, -0.15) is 5.26 Å². The lowest BCUT2D eigenvalue weighted by atomic mass is 10.1. The number of hydrogen-bond donors (Lipinski definition) is 1. The Kier molecular flexibility index (Phi) is 1.77. The highest BCUT2D eigenvalue weighted by atomic mass is 16.1. The lowest BCUT2D eigenvalue weighted by Gasteiger charge is -1.89. The zero-order valence-electron chi connectivity index (χ0n) is 6.43. The van der Waals surface area contributed by atoms with Crippen LogP contribution < -0.4 is 0 Å². The summed E-state index contributed by atoms with van der Waals surface area (Å²) in [6, 6.07) is 1.96. The molecule has 3 heteroatoms. The summed E-state index contributed by atoms with van der Waals surface area (Å²) < 4.78 is 0. The van der Waals surface area contributed by atoms with Crippen molar-refractivity contribution in [2.75, 3.05) is 0 Å². The molecule has 1 heterocycles. The number of nitrogens with one attached hydrogen (secondary N) is 1. The van der Waals surface area contributed by atoms with Crippen molar-refractivity contribution in [2.24, 2.45) is 0 Å². The Morgan fingerprint density at radius 2 is 2.36 bits per heavy atom. The van der Waals surface area contributed by atoms with Crippen LogP contribution in [-0.2, 0) is 0 Å². The molecule has 0 aliphatic rings. The Hall–Kier alpha value is -1.56. The van der Waals surface area contributed by atoms with Crippen LogP contribution >= 0.6 is 0 Å². The first-order chi connectivity index (χ1) is 5.16. The molecule has 0 unspecified atom stereocenters. The Morgan fingerprint density at radius 1 is 1.73 bits per heavy atom. The second kappa shape index (κ2) is 2.59. The second-order valence-corrected chi connectivity index (χ2v) is 2.37. The van der Waals surface area contributed by atoms with E-state index in [9.17, 15) is 4.79 Å². The molecular weight excluding hydrogens is 140 g/mol. The number of rotatable bonds is 1. The van der Waals surface area contributed by atoms with E-state index in [-0.39, 0.29) is 5.78 Å². The molecule has 3 nitrogen and oxygen atoms in total. The molecule has 1 aromatic heterocycles. The maximum atomic E-state index is 10.9. The van der Waals surface area contributed by atoms with Gasteiger partial charge < -0.3 is 4.98 Å². The molecule has 1 aromatic rings. The van der Waals surface area contributed by atoms with Crippen molar-refractivity contribution in [3.05, 3.63) is 23.0 Å². The Bertz CT molecular complexity index is 330. The largest absolute Gasteiger partial charge is 0.352 e. The molecule has 0 atom stereocenters. The summed E-state index contributed by atoms with van der Waals surface area (Å²) in [6.07, 6.45) is 1.57. The van der Waals surface area contributed by atoms with Gasteiger partial charge in [0, 0.05) is 11.8 Å². The van der Waals surface area contributed by atoms with Crippen molar-refractivity contribution in [3.63, 3.8) is 0 Å². The summed E-state index contributed by atoms with van der Waals surface area (Å²) in [7, 11) is 0. The molecule has 11 heavy (non-hydrogen) atoms. The standard InChI is InChI=1S/C8H8N2O/c1-5-7(6(2)11)4-10-8(5)3-9/h4,10H,1-2H3. The van der Waals surface area contributed by atoms with Crippen molar-refractivity contribution >= 4 is 5.78 Å². The van der Waals surface area contributed by atoms with E-state index in [4.69, 9.17) is 5.26 Å². The van der Waals surface area contributed by atoms with Gasteiger partial charge in [-0.25, -0.2) is 0 Å². The molecular formula is C8H8N2O. The molecule has 0 saturated heterocycles. The molecule has 1 N–H and O–H groups in total. The van der Waals surface area contributed by atoms with E-state index in [1.54, 1.807) is 13.1 Å². The van der Waals surface area contributed by atoms with Crippen LogP contribution in [0.2, 0.25) is 0 Å². The highest BCUT2D eigenvalue weighted by Crippen LogP contribution is 2.11. The Balaban J connectivity index is 3.24. The maximum absolute atomic E-state index is 10.9. The zero-order valence-corrected chi connectivity index (χ0v) is 6.43. The van der Waals surface area contributed by atoms with E-state index in [2.05, 4.69) is 4.98 Å². The first-order valence-corrected chi connectivity index (χ1v) is 3.26. The molecule has 56 valence electrons. The smallest absolute Gasteiger partial charge is 0.161 e. The van der Waals surface area contributed by atoms with Gasteiger partial charge >= 0.3 is 0 Å². The highest BCUT2D eigenvalue weighted by Gasteiger charge is 2.08. The molecule has 0 aromatic carbocycles. The molecule has 0 radical (unpaired) electrons. The number of aromatic nitrogens is 1. The SMILES string of the molecule is CC(=O)c1c[nH]c(C#N)c1C. The lowest BCUT2D eigenvalue weighted by molar-refractivity contribution is 0.101. The number of carbonyl (C=O) groups is 1. The van der Waals surface area contributed by atoms with Crippen LogP contribution in [0.4, 0.5) is 0 Å². The first-order valence-electron chi connectivity index (χ1n) is 3.26. The number of ketones is 1. The van der Waals surface area contributed by atoms with E-state index in [0.717, 1.165) is 5.56 Å². The van der Waals surface area contributed by atoms with Crippen LogP contribution in [0, 0.1) is 18.3 Å². The molecule has 0 spiro atoms. The fourth-order valence-electron chi connectivity index (χ4n) is 0.977. The van der Waals surface area contributed by atoms with Crippen molar-refractivity contribution in [1.82, 2.24) is 4.98 Å². The molecule has 0 fully saturated rings. The van der Waals surface area contributed by atoms with E-state index in [1.807, 2.05) is 6.07 Å². The quantitative estimate of drug-likeness (QED) is 0.612. The first kappa shape index (κ1) is 7.55. The van der Waals surface area contributed by atoms with Gasteiger partial charge in [-0.3, -0.25) is 4.79 Å². The zero-order chi connectivity index (χ0) is 8.43. The van der Waals surface area contributed by atoms with Gasteiger partial charge in [-0.15, -0.1) is 0 Å². The minimum atomic E-state index is -0.0137. The van der Waals surface area contributed by atoms with Gasteiger partial charge in [0.2, 0.25) is 0 Å². The van der Waals surface area contributed by atoms with E-state index >= 15 is 0 Å². The summed E-state index contributed by atoms with van der Waals surface area (Å²) in [5, 5.41) is 8.52. The van der Waals surface area contributed by atoms with Gasteiger partial charge in [0.1, 0.15) is 11.8 Å². The molecule has 0 bridgehead atoms. The van der Waals surface area contributed by atoms with E-state index < -0.39 is 0 Å². The number of carbonyl (C=O) groups excluding carboxylic acids is 1. The number of aromatic amines is 1. The summed E-state index contributed by atoms with van der Waals surface area (Å²) in [5.74, 6) is -0.0137. The average molecular weight is 148 g/mol. The fraction of sp³-hybridized carbons (Fsp3) is 0.250. The van der Waals surface area contributed by atoms with Crippen molar-refractivity contribution in [2.45, 2.75) is 13.8 Å². The summed E-state index contributed by atoms with van der Waals surface area (Å²) in [6.45, 7) is 3.24. The minimum Gasteiger partial charge on any atom is -0.352 e. The van der Waals surface area contributed by atoms with Crippen LogP contribution in [0.5, 0.6) is 0 Å². The van der Waals surface area contributed by atoms with Crippen LogP contribution in [0.1, 0.15) is 28.5 Å².